The first-order chi connectivity index (χ1) is 9.78. The average Bonchev–Trinajstić information content (AvgIpc) is 2.97. The Morgan fingerprint density at radius 1 is 1.50 bits per heavy atom. The number of aliphatic hydroxyl groups is 1. The number of thiophene rings is 1. The Morgan fingerprint density at radius 3 is 2.68 bits per heavy atom. The molecule has 2 atom stereocenters. The minimum absolute atomic E-state index is 0. The molecule has 8 heteroatoms. The van der Waals surface area contributed by atoms with Crippen molar-refractivity contribution in [3.63, 3.8) is 0 Å². The van der Waals surface area contributed by atoms with Crippen LogP contribution < -0.4 is 61.8 Å². The fourth-order valence-corrected chi connectivity index (χ4v) is 3.59. The van der Waals surface area contributed by atoms with Gasteiger partial charge in [0.1, 0.15) is 10.5 Å². The summed E-state index contributed by atoms with van der Waals surface area (Å²) in [5, 5.41) is 26.6. The molecule has 3 N–H and O–H groups in total. The third kappa shape index (κ3) is 2.50. The maximum absolute atomic E-state index is 12.3. The largest absolute Gasteiger partial charge is 1.00 e. The van der Waals surface area contributed by atoms with Crippen LogP contribution in [0.3, 0.4) is 0 Å². The molecule has 0 aliphatic heterocycles. The fraction of sp³-hybridized carbons (Fsp3) is 0.429. The second kappa shape index (κ2) is 6.01. The van der Waals surface area contributed by atoms with Crippen molar-refractivity contribution in [3.8, 4) is 0 Å². The number of nitrogens with one attached hydrogen (secondary N) is 2. The summed E-state index contributed by atoms with van der Waals surface area (Å²) in [6.45, 7) is 3.20. The summed E-state index contributed by atoms with van der Waals surface area (Å²) in [6, 6.07) is 3.55. The molecule has 22 heavy (non-hydrogen) atoms. The number of fused-ring (bicyclic) bond motifs is 1. The number of aliphatic hydroxyl groups excluding tert-OH is 1. The number of hydrogen-bond donors (Lipinski definition) is 3. The van der Waals surface area contributed by atoms with Gasteiger partial charge in [-0.1, -0.05) is 13.8 Å². The van der Waals surface area contributed by atoms with Gasteiger partial charge in [0, 0.05) is 17.2 Å². The molecule has 0 aromatic carbocycles. The van der Waals surface area contributed by atoms with Crippen molar-refractivity contribution in [1.82, 2.24) is 10.3 Å². The first-order valence-electron chi connectivity index (χ1n) is 6.56. The molecule has 0 bridgehead atoms. The zero-order chi connectivity index (χ0) is 15.4. The molecule has 1 aliphatic carbocycles. The Kier molecular flexibility index (Phi) is 4.95. The van der Waals surface area contributed by atoms with E-state index in [-0.39, 0.29) is 57.8 Å². The molecule has 1 aliphatic rings. The monoisotopic (exact) mass is 346 g/mol. The van der Waals surface area contributed by atoms with E-state index in [0.29, 0.717) is 5.69 Å². The fourth-order valence-electron chi connectivity index (χ4n) is 2.80. The Morgan fingerprint density at radius 2 is 2.18 bits per heavy atom. The van der Waals surface area contributed by atoms with Crippen molar-refractivity contribution < 1.29 is 71.2 Å². The van der Waals surface area contributed by atoms with Crippen LogP contribution in [-0.4, -0.2) is 33.6 Å². The smallest absolute Gasteiger partial charge is 0.548 e. The number of carboxylic acid groups (broad SMARTS) is 1. The zero-order valence-electron chi connectivity index (χ0n) is 12.6. The summed E-state index contributed by atoms with van der Waals surface area (Å²) in [5.41, 5.74) is -2.23. The van der Waals surface area contributed by atoms with Crippen LogP contribution in [0.1, 0.15) is 30.8 Å². The van der Waals surface area contributed by atoms with E-state index in [1.807, 2.05) is 11.4 Å². The van der Waals surface area contributed by atoms with Crippen LogP contribution in [0.15, 0.2) is 17.5 Å². The van der Waals surface area contributed by atoms with Gasteiger partial charge in [0.2, 0.25) is 0 Å². The standard InChI is InChI=1S/C14H16N2O4S.K/c1-13(2)9(17)6-14(13,12(19)20)16-10(18)8-5-7-3-4-21-11(7)15-8;/h3-5,9,15,17H,6H2,1-2H3,(H,16,18)(H,19,20);/q;+1/p-1. The number of carboxylic acids is 1. The van der Waals surface area contributed by atoms with Crippen LogP contribution in [0.5, 0.6) is 0 Å². The van der Waals surface area contributed by atoms with Crippen molar-refractivity contribution in [1.29, 1.82) is 0 Å². The number of aromatic nitrogens is 1. The van der Waals surface area contributed by atoms with Gasteiger partial charge in [0.05, 0.1) is 17.6 Å². The topological polar surface area (TPSA) is 105 Å². The Hall–Kier alpha value is -0.224. The van der Waals surface area contributed by atoms with Gasteiger partial charge < -0.3 is 25.3 Å². The van der Waals surface area contributed by atoms with E-state index in [9.17, 15) is 19.8 Å². The van der Waals surface area contributed by atoms with E-state index in [0.717, 1.165) is 10.2 Å². The number of rotatable bonds is 3. The molecule has 2 heterocycles. The number of amides is 1. The third-order valence-electron chi connectivity index (χ3n) is 4.60. The van der Waals surface area contributed by atoms with Gasteiger partial charge in [0.15, 0.2) is 0 Å². The minimum atomic E-state index is -1.55. The van der Waals surface area contributed by atoms with Crippen LogP contribution in [0.2, 0.25) is 0 Å². The third-order valence-corrected chi connectivity index (χ3v) is 5.44. The molecule has 112 valence electrons. The van der Waals surface area contributed by atoms with Gasteiger partial charge in [-0.2, -0.15) is 0 Å². The first-order valence-corrected chi connectivity index (χ1v) is 7.44. The van der Waals surface area contributed by atoms with Crippen LogP contribution in [0, 0.1) is 5.41 Å². The molecule has 3 rings (SSSR count). The van der Waals surface area contributed by atoms with Crippen LogP contribution >= 0.6 is 11.3 Å². The zero-order valence-corrected chi connectivity index (χ0v) is 16.5. The van der Waals surface area contributed by atoms with E-state index in [1.54, 1.807) is 19.9 Å². The van der Waals surface area contributed by atoms with Gasteiger partial charge in [-0.05, 0) is 17.5 Å². The Labute approximate surface area is 173 Å². The summed E-state index contributed by atoms with van der Waals surface area (Å²) in [5.74, 6) is -1.89. The molecule has 1 amide bonds. The van der Waals surface area contributed by atoms with Crippen LogP contribution in [0.25, 0.3) is 10.2 Å². The second-order valence-corrected chi connectivity index (χ2v) is 6.89. The van der Waals surface area contributed by atoms with Gasteiger partial charge in [-0.25, -0.2) is 0 Å². The molecule has 0 spiro atoms. The van der Waals surface area contributed by atoms with E-state index in [1.165, 1.54) is 11.3 Å². The maximum atomic E-state index is 12.3. The summed E-state index contributed by atoms with van der Waals surface area (Å²) >= 11 is 1.47. The van der Waals surface area contributed by atoms with Crippen molar-refractivity contribution in [2.24, 2.45) is 5.41 Å². The van der Waals surface area contributed by atoms with Gasteiger partial charge in [-0.15, -0.1) is 11.3 Å². The van der Waals surface area contributed by atoms with Gasteiger partial charge >= 0.3 is 51.4 Å². The van der Waals surface area contributed by atoms with Crippen LogP contribution in [-0.2, 0) is 4.79 Å². The number of carbonyl (C=O) groups is 2. The van der Waals surface area contributed by atoms with E-state index >= 15 is 0 Å². The summed E-state index contributed by atoms with van der Waals surface area (Å²) < 4.78 is 0. The summed E-state index contributed by atoms with van der Waals surface area (Å²) in [6.07, 6.45) is -0.841. The number of aromatic amines is 1. The minimum Gasteiger partial charge on any atom is -0.548 e. The SMILES string of the molecule is CC1(C)C(O)CC1(NC(=O)c1cc2ccsc2[nH]1)C(=O)[O-].[K+]. The molecule has 6 nitrogen and oxygen atoms in total. The predicted molar refractivity (Wildman–Crippen MR) is 75.8 cm³/mol. The molecule has 0 radical (unpaired) electrons. The van der Waals surface area contributed by atoms with Crippen molar-refractivity contribution in [2.75, 3.05) is 0 Å². The second-order valence-electron chi connectivity index (χ2n) is 5.98. The molecule has 1 fully saturated rings. The quantitative estimate of drug-likeness (QED) is 0.524. The Balaban J connectivity index is 0.00000176. The molecular weight excluding hydrogens is 331 g/mol. The average molecular weight is 346 g/mol. The summed E-state index contributed by atoms with van der Waals surface area (Å²) in [7, 11) is 0. The molecule has 1 saturated carbocycles. The number of hydrogen-bond acceptors (Lipinski definition) is 5. The van der Waals surface area contributed by atoms with Crippen molar-refractivity contribution in [3.05, 3.63) is 23.2 Å². The number of H-pyrrole nitrogens is 1. The molecule has 0 saturated heterocycles. The number of aliphatic carboxylic acids is 1. The van der Waals surface area contributed by atoms with Gasteiger partial charge in [-0.3, -0.25) is 4.79 Å². The van der Waals surface area contributed by atoms with E-state index in [2.05, 4.69) is 10.3 Å². The molecular formula is C14H15KN2O4S. The van der Waals surface area contributed by atoms with E-state index in [4.69, 9.17) is 0 Å². The van der Waals surface area contributed by atoms with E-state index < -0.39 is 28.9 Å². The van der Waals surface area contributed by atoms with Crippen LogP contribution in [0.4, 0.5) is 0 Å². The maximum Gasteiger partial charge on any atom is 1.00 e. The summed E-state index contributed by atoms with van der Waals surface area (Å²) in [4.78, 5) is 27.6. The first kappa shape index (κ1) is 18.1. The molecule has 2 unspecified atom stereocenters. The number of carbonyl (C=O) groups excluding carboxylic acids is 2. The van der Waals surface area contributed by atoms with Gasteiger partial charge in [0.25, 0.3) is 5.91 Å². The Bertz CT molecular complexity index is 710. The normalized spacial score (nSPS) is 26.0. The predicted octanol–water partition coefficient (Wildman–Crippen LogP) is -2.76. The van der Waals surface area contributed by atoms with Crippen molar-refractivity contribution >= 4 is 33.4 Å². The van der Waals surface area contributed by atoms with Crippen molar-refractivity contribution in [2.45, 2.75) is 31.9 Å². The molecule has 2 aromatic heterocycles. The molecule has 2 aromatic rings.